The molecule has 1 unspecified atom stereocenters. The van der Waals surface area contributed by atoms with E-state index >= 15 is 0 Å². The van der Waals surface area contributed by atoms with E-state index in [2.05, 4.69) is 17.3 Å². The molecular weight excluding hydrogens is 308 g/mol. The molecule has 1 rings (SSSR count). The Morgan fingerprint density at radius 3 is 2.38 bits per heavy atom. The molecule has 6 nitrogen and oxygen atoms in total. The van der Waals surface area contributed by atoms with Gasteiger partial charge in [-0.1, -0.05) is 43.4 Å². The molecule has 2 amide bonds. The second-order valence-electron chi connectivity index (χ2n) is 4.84. The monoisotopic (exact) mass is 332 g/mol. The number of benzene rings is 1. The molecule has 0 aliphatic carbocycles. The lowest BCUT2D eigenvalue weighted by Crippen LogP contribution is -2.52. The number of nitrogens with zero attached hydrogens (tertiary/aromatic N) is 1. The van der Waals surface area contributed by atoms with Crippen LogP contribution in [0.1, 0.15) is 39.2 Å². The van der Waals surface area contributed by atoms with Crippen LogP contribution in [0, 0.1) is 11.8 Å². The molecule has 0 bridgehead atoms. The van der Waals surface area contributed by atoms with Crippen molar-refractivity contribution < 1.29 is 19.1 Å². The fourth-order valence-corrected chi connectivity index (χ4v) is 1.93. The van der Waals surface area contributed by atoms with Crippen LogP contribution in [0.25, 0.3) is 0 Å². The summed E-state index contributed by atoms with van der Waals surface area (Å²) in [6.45, 7) is 5.77. The van der Waals surface area contributed by atoms with Crippen molar-refractivity contribution in [2.45, 2.75) is 39.7 Å². The summed E-state index contributed by atoms with van der Waals surface area (Å²) in [5, 5.41) is 1.10. The Bertz CT molecular complexity index is 578. The Balaban J connectivity index is 3.00. The molecule has 0 heterocycles. The van der Waals surface area contributed by atoms with E-state index < -0.39 is 18.2 Å². The third-order valence-corrected chi connectivity index (χ3v) is 2.98. The highest BCUT2D eigenvalue weighted by atomic mass is 16.6. The summed E-state index contributed by atoms with van der Waals surface area (Å²) in [4.78, 5) is 23.9. The Labute approximate surface area is 143 Å². The standard InChI is InChI=1S/C18H24N2O4/c1-4-10-16(14-13-15-11-8-7-9-12-15)20(18(22)24-6-3)19-17(21)23-5-2/h7-9,11-12,16H,4-6,10H2,1-3H3,(H,19,21). The van der Waals surface area contributed by atoms with Crippen LogP contribution in [0.5, 0.6) is 0 Å². The Morgan fingerprint density at radius 2 is 1.79 bits per heavy atom. The van der Waals surface area contributed by atoms with Crippen molar-refractivity contribution in [2.75, 3.05) is 13.2 Å². The molecule has 0 spiro atoms. The van der Waals surface area contributed by atoms with Gasteiger partial charge >= 0.3 is 12.2 Å². The molecule has 0 fully saturated rings. The van der Waals surface area contributed by atoms with Crippen molar-refractivity contribution >= 4 is 12.2 Å². The van der Waals surface area contributed by atoms with Gasteiger partial charge in [0.15, 0.2) is 0 Å². The molecule has 1 aromatic carbocycles. The zero-order valence-corrected chi connectivity index (χ0v) is 14.4. The molecule has 0 aromatic heterocycles. The third kappa shape index (κ3) is 6.61. The van der Waals surface area contributed by atoms with E-state index in [9.17, 15) is 9.59 Å². The first kappa shape index (κ1) is 19.4. The summed E-state index contributed by atoms with van der Waals surface area (Å²) in [7, 11) is 0. The van der Waals surface area contributed by atoms with Crippen molar-refractivity contribution in [1.29, 1.82) is 0 Å². The van der Waals surface area contributed by atoms with Gasteiger partial charge in [0.2, 0.25) is 0 Å². The lowest BCUT2D eigenvalue weighted by Gasteiger charge is -2.27. The zero-order valence-electron chi connectivity index (χ0n) is 14.4. The number of hydrazine groups is 1. The summed E-state index contributed by atoms with van der Waals surface area (Å²) >= 11 is 0. The van der Waals surface area contributed by atoms with Crippen LogP contribution < -0.4 is 5.43 Å². The predicted octanol–water partition coefficient (Wildman–Crippen LogP) is 3.33. The first-order chi connectivity index (χ1) is 11.6. The number of nitrogens with one attached hydrogen (secondary N) is 1. The van der Waals surface area contributed by atoms with Gasteiger partial charge in [0, 0.05) is 5.56 Å². The minimum atomic E-state index is -0.715. The largest absolute Gasteiger partial charge is 0.449 e. The number of carbonyl (C=O) groups excluding carboxylic acids is 2. The Hall–Kier alpha value is -2.68. The summed E-state index contributed by atoms with van der Waals surface area (Å²) in [5.74, 6) is 6.05. The number of amides is 2. The van der Waals surface area contributed by atoms with Gasteiger partial charge < -0.3 is 9.47 Å². The van der Waals surface area contributed by atoms with E-state index in [-0.39, 0.29) is 13.2 Å². The molecule has 1 aromatic rings. The van der Waals surface area contributed by atoms with Crippen LogP contribution in [0.2, 0.25) is 0 Å². The van der Waals surface area contributed by atoms with Gasteiger partial charge in [-0.25, -0.2) is 20.0 Å². The summed E-state index contributed by atoms with van der Waals surface area (Å²) in [6, 6.07) is 8.92. The van der Waals surface area contributed by atoms with Crippen LogP contribution in [-0.2, 0) is 9.47 Å². The molecular formula is C18H24N2O4. The van der Waals surface area contributed by atoms with E-state index in [1.54, 1.807) is 13.8 Å². The summed E-state index contributed by atoms with van der Waals surface area (Å²) < 4.78 is 9.86. The van der Waals surface area contributed by atoms with Crippen molar-refractivity contribution in [3.8, 4) is 11.8 Å². The van der Waals surface area contributed by atoms with E-state index in [0.717, 1.165) is 17.0 Å². The van der Waals surface area contributed by atoms with Gasteiger partial charge in [-0.15, -0.1) is 0 Å². The highest BCUT2D eigenvalue weighted by Crippen LogP contribution is 2.08. The smallest absolute Gasteiger partial charge is 0.429 e. The van der Waals surface area contributed by atoms with Crippen LogP contribution in [-0.4, -0.2) is 36.5 Å². The molecule has 0 radical (unpaired) electrons. The highest BCUT2D eigenvalue weighted by molar-refractivity contribution is 5.74. The average Bonchev–Trinajstić information content (AvgIpc) is 2.58. The summed E-state index contributed by atoms with van der Waals surface area (Å²) in [6.07, 6.45) is -0.000831. The zero-order chi connectivity index (χ0) is 17.8. The van der Waals surface area contributed by atoms with Crippen LogP contribution >= 0.6 is 0 Å². The predicted molar refractivity (Wildman–Crippen MR) is 91.0 cm³/mol. The molecule has 0 aliphatic heterocycles. The first-order valence-corrected chi connectivity index (χ1v) is 8.08. The van der Waals surface area contributed by atoms with Crippen molar-refractivity contribution in [3.05, 3.63) is 35.9 Å². The Kier molecular flexibility index (Phi) is 8.84. The van der Waals surface area contributed by atoms with Crippen molar-refractivity contribution in [3.63, 3.8) is 0 Å². The minimum Gasteiger partial charge on any atom is -0.449 e. The van der Waals surface area contributed by atoms with Crippen LogP contribution in [0.3, 0.4) is 0 Å². The van der Waals surface area contributed by atoms with Crippen molar-refractivity contribution in [2.24, 2.45) is 0 Å². The van der Waals surface area contributed by atoms with Gasteiger partial charge in [-0.3, -0.25) is 0 Å². The van der Waals surface area contributed by atoms with Gasteiger partial charge in [0.1, 0.15) is 6.04 Å². The number of carbonyl (C=O) groups is 2. The number of hydrogen-bond donors (Lipinski definition) is 1. The molecule has 0 saturated heterocycles. The highest BCUT2D eigenvalue weighted by Gasteiger charge is 2.25. The van der Waals surface area contributed by atoms with E-state index in [4.69, 9.17) is 9.47 Å². The normalized spacial score (nSPS) is 10.8. The third-order valence-electron chi connectivity index (χ3n) is 2.98. The molecule has 1 atom stereocenters. The van der Waals surface area contributed by atoms with E-state index in [0.29, 0.717) is 6.42 Å². The first-order valence-electron chi connectivity index (χ1n) is 8.08. The topological polar surface area (TPSA) is 67.9 Å². The average molecular weight is 332 g/mol. The molecule has 130 valence electrons. The number of ether oxygens (including phenoxy) is 2. The quantitative estimate of drug-likeness (QED) is 0.663. The van der Waals surface area contributed by atoms with E-state index in [1.807, 2.05) is 37.3 Å². The maximum atomic E-state index is 12.2. The number of rotatable bonds is 5. The molecule has 1 N–H and O–H groups in total. The van der Waals surface area contributed by atoms with Gasteiger partial charge in [-0.05, 0) is 32.4 Å². The van der Waals surface area contributed by atoms with Crippen LogP contribution in [0.4, 0.5) is 9.59 Å². The molecule has 0 aliphatic rings. The lowest BCUT2D eigenvalue weighted by molar-refractivity contribution is 0.0634. The lowest BCUT2D eigenvalue weighted by atomic mass is 10.1. The minimum absolute atomic E-state index is 0.199. The van der Waals surface area contributed by atoms with Crippen molar-refractivity contribution in [1.82, 2.24) is 10.4 Å². The second-order valence-corrected chi connectivity index (χ2v) is 4.84. The second kappa shape index (κ2) is 10.9. The van der Waals surface area contributed by atoms with Crippen LogP contribution in [0.15, 0.2) is 30.3 Å². The van der Waals surface area contributed by atoms with Gasteiger partial charge in [0.25, 0.3) is 0 Å². The molecule has 6 heteroatoms. The SMILES string of the molecule is CCCC(C#Cc1ccccc1)N(NC(=O)OCC)C(=O)OCC. The maximum absolute atomic E-state index is 12.2. The fraction of sp³-hybridized carbons (Fsp3) is 0.444. The Morgan fingerprint density at radius 1 is 1.12 bits per heavy atom. The summed E-state index contributed by atoms with van der Waals surface area (Å²) in [5.41, 5.74) is 3.25. The fourth-order valence-electron chi connectivity index (χ4n) is 1.93. The molecule has 0 saturated carbocycles. The maximum Gasteiger partial charge on any atom is 0.429 e. The number of hydrogen-bond acceptors (Lipinski definition) is 4. The molecule has 24 heavy (non-hydrogen) atoms. The van der Waals surface area contributed by atoms with Gasteiger partial charge in [-0.2, -0.15) is 0 Å². The van der Waals surface area contributed by atoms with E-state index in [1.165, 1.54) is 0 Å². The van der Waals surface area contributed by atoms with Gasteiger partial charge in [0.05, 0.1) is 13.2 Å².